The Labute approximate surface area is 74.4 Å². The van der Waals surface area contributed by atoms with Crippen LogP contribution in [0.15, 0.2) is 0 Å². The maximum absolute atomic E-state index is 9.86. The average molecular weight is 169 g/mol. The predicted molar refractivity (Wildman–Crippen MR) is 48.7 cm³/mol. The van der Waals surface area contributed by atoms with Gasteiger partial charge < -0.3 is 5.11 Å². The Morgan fingerprint density at radius 1 is 1.50 bits per heavy atom. The fourth-order valence-electron chi connectivity index (χ4n) is 2.44. The smallest absolute Gasteiger partial charge is 0.110 e. The van der Waals surface area contributed by atoms with Crippen LogP contribution in [0, 0.1) is 11.3 Å². The van der Waals surface area contributed by atoms with Crippen molar-refractivity contribution >= 4 is 0 Å². The standard InChI is InChI=1S/C10H19NO/c1-3-7(2)11-9(12)10-4-8(5-10)6-10/h7-9,11-12H,3-6H2,1-2H3/t7-,8?,9?,10?/m1/s1. The molecule has 0 radical (unpaired) electrons. The van der Waals surface area contributed by atoms with Crippen molar-refractivity contribution in [3.05, 3.63) is 0 Å². The molecule has 0 heterocycles. The third kappa shape index (κ3) is 1.09. The molecule has 2 bridgehead atoms. The molecule has 2 nitrogen and oxygen atoms in total. The Morgan fingerprint density at radius 2 is 2.08 bits per heavy atom. The van der Waals surface area contributed by atoms with Gasteiger partial charge in [0.1, 0.15) is 6.23 Å². The molecule has 2 heteroatoms. The molecule has 0 aromatic heterocycles. The van der Waals surface area contributed by atoms with E-state index in [0.717, 1.165) is 12.3 Å². The van der Waals surface area contributed by atoms with Gasteiger partial charge in [0.15, 0.2) is 0 Å². The molecular formula is C10H19NO. The molecule has 70 valence electrons. The van der Waals surface area contributed by atoms with E-state index in [1.54, 1.807) is 0 Å². The summed E-state index contributed by atoms with van der Waals surface area (Å²) in [5, 5.41) is 13.1. The zero-order chi connectivity index (χ0) is 8.77. The first kappa shape index (κ1) is 8.52. The van der Waals surface area contributed by atoms with Gasteiger partial charge in [0.2, 0.25) is 0 Å². The molecule has 0 aliphatic heterocycles. The van der Waals surface area contributed by atoms with Crippen LogP contribution < -0.4 is 5.32 Å². The second-order valence-corrected chi connectivity index (χ2v) is 4.72. The van der Waals surface area contributed by atoms with Gasteiger partial charge in [-0.15, -0.1) is 0 Å². The van der Waals surface area contributed by atoms with E-state index in [1.165, 1.54) is 19.3 Å². The quantitative estimate of drug-likeness (QED) is 0.625. The molecule has 2 atom stereocenters. The number of hydrogen-bond donors (Lipinski definition) is 2. The summed E-state index contributed by atoms with van der Waals surface area (Å²) >= 11 is 0. The summed E-state index contributed by atoms with van der Waals surface area (Å²) in [4.78, 5) is 0. The lowest BCUT2D eigenvalue weighted by Gasteiger charge is -2.64. The van der Waals surface area contributed by atoms with Gasteiger partial charge in [-0.25, -0.2) is 0 Å². The van der Waals surface area contributed by atoms with Crippen molar-refractivity contribution < 1.29 is 5.11 Å². The summed E-state index contributed by atoms with van der Waals surface area (Å²) in [5.74, 6) is 0.957. The summed E-state index contributed by atoms with van der Waals surface area (Å²) in [7, 11) is 0. The summed E-state index contributed by atoms with van der Waals surface area (Å²) in [5.41, 5.74) is 0.300. The SMILES string of the molecule is CC[C@@H](C)NC(O)C12CC(C1)C2. The van der Waals surface area contributed by atoms with Gasteiger partial charge in [-0.3, -0.25) is 5.32 Å². The Morgan fingerprint density at radius 3 is 2.42 bits per heavy atom. The zero-order valence-electron chi connectivity index (χ0n) is 8.01. The van der Waals surface area contributed by atoms with Gasteiger partial charge in [-0.1, -0.05) is 6.92 Å². The van der Waals surface area contributed by atoms with E-state index in [0.29, 0.717) is 11.5 Å². The van der Waals surface area contributed by atoms with E-state index in [4.69, 9.17) is 0 Å². The van der Waals surface area contributed by atoms with Gasteiger partial charge in [0, 0.05) is 11.5 Å². The summed E-state index contributed by atoms with van der Waals surface area (Å²) in [6.45, 7) is 4.28. The van der Waals surface area contributed by atoms with E-state index < -0.39 is 0 Å². The van der Waals surface area contributed by atoms with Crippen molar-refractivity contribution in [1.29, 1.82) is 0 Å². The highest BCUT2D eigenvalue weighted by atomic mass is 16.3. The topological polar surface area (TPSA) is 32.3 Å². The Balaban J connectivity index is 1.80. The highest BCUT2D eigenvalue weighted by Gasteiger charge is 2.60. The fourth-order valence-corrected chi connectivity index (χ4v) is 2.44. The van der Waals surface area contributed by atoms with Crippen LogP contribution >= 0.6 is 0 Å². The first-order chi connectivity index (χ1) is 5.66. The van der Waals surface area contributed by atoms with Crippen LogP contribution in [0.3, 0.4) is 0 Å². The van der Waals surface area contributed by atoms with E-state index in [2.05, 4.69) is 19.2 Å². The molecule has 0 spiro atoms. The molecule has 3 fully saturated rings. The van der Waals surface area contributed by atoms with Crippen molar-refractivity contribution in [2.75, 3.05) is 0 Å². The maximum Gasteiger partial charge on any atom is 0.110 e. The summed E-state index contributed by atoms with van der Waals surface area (Å²) < 4.78 is 0. The zero-order valence-corrected chi connectivity index (χ0v) is 8.01. The molecule has 3 aliphatic carbocycles. The second kappa shape index (κ2) is 2.71. The molecular weight excluding hydrogens is 150 g/mol. The highest BCUT2D eigenvalue weighted by molar-refractivity contribution is 5.09. The van der Waals surface area contributed by atoms with Crippen LogP contribution in [-0.2, 0) is 0 Å². The largest absolute Gasteiger partial charge is 0.378 e. The third-order valence-electron chi connectivity index (χ3n) is 3.72. The number of hydrogen-bond acceptors (Lipinski definition) is 2. The lowest BCUT2D eigenvalue weighted by Crippen LogP contribution is -2.63. The normalized spacial score (nSPS) is 42.8. The fraction of sp³-hybridized carbons (Fsp3) is 1.00. The second-order valence-electron chi connectivity index (χ2n) is 4.72. The van der Waals surface area contributed by atoms with Crippen LogP contribution in [0.2, 0.25) is 0 Å². The number of rotatable bonds is 4. The minimum Gasteiger partial charge on any atom is -0.378 e. The van der Waals surface area contributed by atoms with Crippen LogP contribution in [0.25, 0.3) is 0 Å². The van der Waals surface area contributed by atoms with Crippen LogP contribution in [0.1, 0.15) is 39.5 Å². The van der Waals surface area contributed by atoms with E-state index in [9.17, 15) is 5.11 Å². The highest BCUT2D eigenvalue weighted by Crippen LogP contribution is 2.65. The monoisotopic (exact) mass is 169 g/mol. The average Bonchev–Trinajstić information content (AvgIpc) is 1.80. The van der Waals surface area contributed by atoms with Crippen molar-refractivity contribution in [2.45, 2.75) is 51.8 Å². The van der Waals surface area contributed by atoms with Crippen molar-refractivity contribution in [3.8, 4) is 0 Å². The number of aliphatic hydroxyl groups excluding tert-OH is 1. The van der Waals surface area contributed by atoms with Gasteiger partial charge in [-0.05, 0) is 38.5 Å². The third-order valence-corrected chi connectivity index (χ3v) is 3.72. The predicted octanol–water partition coefficient (Wildman–Crippen LogP) is 1.49. The molecule has 0 amide bonds. The summed E-state index contributed by atoms with van der Waals surface area (Å²) in [6.07, 6.45) is 4.64. The van der Waals surface area contributed by atoms with Gasteiger partial charge in [0.05, 0.1) is 0 Å². The van der Waals surface area contributed by atoms with Gasteiger partial charge in [0.25, 0.3) is 0 Å². The lowest BCUT2D eigenvalue weighted by atomic mass is 9.43. The Bertz CT molecular complexity index is 164. The van der Waals surface area contributed by atoms with Gasteiger partial charge in [-0.2, -0.15) is 0 Å². The van der Waals surface area contributed by atoms with Crippen LogP contribution in [-0.4, -0.2) is 17.4 Å². The minimum absolute atomic E-state index is 0.238. The first-order valence-corrected chi connectivity index (χ1v) is 5.10. The molecule has 2 N–H and O–H groups in total. The molecule has 0 aromatic carbocycles. The minimum atomic E-state index is -0.238. The molecule has 0 aromatic rings. The van der Waals surface area contributed by atoms with Crippen LogP contribution in [0.4, 0.5) is 0 Å². The van der Waals surface area contributed by atoms with E-state index in [-0.39, 0.29) is 6.23 Å². The molecule has 3 rings (SSSR count). The van der Waals surface area contributed by atoms with Gasteiger partial charge >= 0.3 is 0 Å². The molecule has 3 saturated carbocycles. The molecule has 12 heavy (non-hydrogen) atoms. The Hall–Kier alpha value is -0.0800. The van der Waals surface area contributed by atoms with Crippen molar-refractivity contribution in [2.24, 2.45) is 11.3 Å². The van der Waals surface area contributed by atoms with Crippen molar-refractivity contribution in [1.82, 2.24) is 5.32 Å². The lowest BCUT2D eigenvalue weighted by molar-refractivity contribution is -0.195. The maximum atomic E-state index is 9.86. The van der Waals surface area contributed by atoms with Crippen LogP contribution in [0.5, 0.6) is 0 Å². The number of nitrogens with one attached hydrogen (secondary N) is 1. The molecule has 3 aliphatic rings. The number of aliphatic hydroxyl groups is 1. The molecule has 1 unspecified atom stereocenters. The van der Waals surface area contributed by atoms with Crippen molar-refractivity contribution in [3.63, 3.8) is 0 Å². The Kier molecular flexibility index (Phi) is 1.92. The first-order valence-electron chi connectivity index (χ1n) is 5.10. The van der Waals surface area contributed by atoms with E-state index in [1.807, 2.05) is 0 Å². The summed E-state index contributed by atoms with van der Waals surface area (Å²) in [6, 6.07) is 0.453. The van der Waals surface area contributed by atoms with E-state index >= 15 is 0 Å². The molecule has 0 saturated heterocycles.